The molecule has 0 radical (unpaired) electrons. The minimum atomic E-state index is -0.0746. The molecule has 1 atom stereocenters. The molecule has 0 N–H and O–H groups in total. The van der Waals surface area contributed by atoms with Gasteiger partial charge in [0.2, 0.25) is 0 Å². The number of pyridine rings is 1. The van der Waals surface area contributed by atoms with Gasteiger partial charge in [-0.2, -0.15) is 0 Å². The average Bonchev–Trinajstić information content (AvgIpc) is 2.79. The van der Waals surface area contributed by atoms with Crippen LogP contribution in [0.15, 0.2) is 36.4 Å². The fraction of sp³-hybridized carbons (Fsp3) is 0.565. The van der Waals surface area contributed by atoms with Gasteiger partial charge in [0.15, 0.2) is 0 Å². The molecule has 1 aromatic heterocycles. The summed E-state index contributed by atoms with van der Waals surface area (Å²) in [6.07, 6.45) is 4.00. The first kappa shape index (κ1) is 19.0. The Morgan fingerprint density at radius 2 is 1.79 bits per heavy atom. The molecule has 154 valence electrons. The molecule has 3 fully saturated rings. The summed E-state index contributed by atoms with van der Waals surface area (Å²) in [7, 11) is 0. The molecule has 4 heterocycles. The lowest BCUT2D eigenvalue weighted by Crippen LogP contribution is -2.55. The second-order valence-corrected chi connectivity index (χ2v) is 8.51. The van der Waals surface area contributed by atoms with Crippen LogP contribution in [0.2, 0.25) is 0 Å². The Morgan fingerprint density at radius 3 is 2.62 bits per heavy atom. The number of amides is 1. The van der Waals surface area contributed by atoms with Crippen LogP contribution in [0.5, 0.6) is 0 Å². The lowest BCUT2D eigenvalue weighted by atomic mass is 9.81. The largest absolute Gasteiger partial charge is 0.379 e. The van der Waals surface area contributed by atoms with E-state index in [4.69, 9.17) is 9.47 Å². The minimum absolute atomic E-state index is 0.0335. The predicted molar refractivity (Wildman–Crippen MR) is 111 cm³/mol. The second-order valence-electron chi connectivity index (χ2n) is 8.51. The Kier molecular flexibility index (Phi) is 5.24. The highest BCUT2D eigenvalue weighted by Crippen LogP contribution is 2.37. The number of aromatic nitrogens is 1. The van der Waals surface area contributed by atoms with Crippen LogP contribution in [0.25, 0.3) is 10.9 Å². The monoisotopic (exact) mass is 395 g/mol. The summed E-state index contributed by atoms with van der Waals surface area (Å²) in [6, 6.07) is 12.3. The number of hydrogen-bond donors (Lipinski definition) is 0. The highest BCUT2D eigenvalue weighted by molar-refractivity contribution is 5.95. The molecule has 3 aliphatic rings. The van der Waals surface area contributed by atoms with Crippen molar-refractivity contribution in [2.45, 2.75) is 37.3 Å². The molecule has 6 nitrogen and oxygen atoms in total. The number of piperidine rings is 1. The number of rotatable bonds is 2. The van der Waals surface area contributed by atoms with Gasteiger partial charge in [0, 0.05) is 44.2 Å². The Morgan fingerprint density at radius 1 is 1.00 bits per heavy atom. The number of morpholine rings is 1. The van der Waals surface area contributed by atoms with Crippen LogP contribution in [0.4, 0.5) is 0 Å². The summed E-state index contributed by atoms with van der Waals surface area (Å²) in [6.45, 7) is 6.03. The van der Waals surface area contributed by atoms with Crippen LogP contribution in [0.3, 0.4) is 0 Å². The number of carbonyl (C=O) groups is 1. The van der Waals surface area contributed by atoms with Crippen molar-refractivity contribution in [2.75, 3.05) is 46.0 Å². The topological polar surface area (TPSA) is 54.9 Å². The zero-order chi connectivity index (χ0) is 19.7. The van der Waals surface area contributed by atoms with Gasteiger partial charge >= 0.3 is 0 Å². The van der Waals surface area contributed by atoms with E-state index in [0.29, 0.717) is 11.7 Å². The summed E-state index contributed by atoms with van der Waals surface area (Å²) in [5.74, 6) is 0.0335. The van der Waals surface area contributed by atoms with Gasteiger partial charge in [0.25, 0.3) is 5.91 Å². The van der Waals surface area contributed by atoms with Crippen molar-refractivity contribution >= 4 is 16.8 Å². The van der Waals surface area contributed by atoms with E-state index in [-0.39, 0.29) is 11.5 Å². The van der Waals surface area contributed by atoms with Crippen LogP contribution in [0.1, 0.15) is 36.2 Å². The number of hydrogen-bond acceptors (Lipinski definition) is 5. The normalized spacial score (nSPS) is 25.4. The molecule has 6 heteroatoms. The van der Waals surface area contributed by atoms with Crippen molar-refractivity contribution in [3.05, 3.63) is 42.1 Å². The smallest absolute Gasteiger partial charge is 0.272 e. The number of benzene rings is 1. The summed E-state index contributed by atoms with van der Waals surface area (Å²) < 4.78 is 11.8. The SMILES string of the molecule is O=C(c1ccc2ccccc2n1)N1CCC2(CC1)C[C@@H](N1CCOCC1)CCO2. The van der Waals surface area contributed by atoms with Crippen molar-refractivity contribution in [1.29, 1.82) is 0 Å². The van der Waals surface area contributed by atoms with E-state index in [0.717, 1.165) is 82.6 Å². The molecule has 29 heavy (non-hydrogen) atoms. The van der Waals surface area contributed by atoms with Gasteiger partial charge in [-0.05, 0) is 37.8 Å². The first-order valence-corrected chi connectivity index (χ1v) is 10.8. The quantitative estimate of drug-likeness (QED) is 0.783. The Bertz CT molecular complexity index is 873. The number of ether oxygens (including phenoxy) is 2. The van der Waals surface area contributed by atoms with Gasteiger partial charge in [-0.3, -0.25) is 9.69 Å². The van der Waals surface area contributed by atoms with E-state index in [1.807, 2.05) is 41.3 Å². The van der Waals surface area contributed by atoms with E-state index in [9.17, 15) is 4.79 Å². The molecule has 1 amide bonds. The van der Waals surface area contributed by atoms with Crippen molar-refractivity contribution in [2.24, 2.45) is 0 Å². The molecule has 3 saturated heterocycles. The molecular formula is C23H29N3O3. The average molecular weight is 396 g/mol. The van der Waals surface area contributed by atoms with E-state index < -0.39 is 0 Å². The van der Waals surface area contributed by atoms with Crippen molar-refractivity contribution in [1.82, 2.24) is 14.8 Å². The van der Waals surface area contributed by atoms with Gasteiger partial charge in [-0.1, -0.05) is 24.3 Å². The predicted octanol–water partition coefficient (Wildman–Crippen LogP) is 2.72. The fourth-order valence-electron chi connectivity index (χ4n) is 5.07. The van der Waals surface area contributed by atoms with E-state index in [1.165, 1.54) is 0 Å². The van der Waals surface area contributed by atoms with Gasteiger partial charge in [0.05, 0.1) is 24.3 Å². The highest BCUT2D eigenvalue weighted by atomic mass is 16.5. The van der Waals surface area contributed by atoms with Gasteiger partial charge in [0.1, 0.15) is 5.69 Å². The van der Waals surface area contributed by atoms with Gasteiger partial charge < -0.3 is 14.4 Å². The Balaban J connectivity index is 1.23. The van der Waals surface area contributed by atoms with Crippen LogP contribution < -0.4 is 0 Å². The Labute approximate surface area is 171 Å². The van der Waals surface area contributed by atoms with Crippen LogP contribution in [-0.4, -0.2) is 78.3 Å². The third-order valence-corrected chi connectivity index (χ3v) is 6.81. The van der Waals surface area contributed by atoms with Crippen LogP contribution >= 0.6 is 0 Å². The molecular weight excluding hydrogens is 366 g/mol. The van der Waals surface area contributed by atoms with E-state index in [1.54, 1.807) is 0 Å². The summed E-state index contributed by atoms with van der Waals surface area (Å²) in [4.78, 5) is 22.1. The minimum Gasteiger partial charge on any atom is -0.379 e. The number of carbonyl (C=O) groups excluding carboxylic acids is 1. The molecule has 5 rings (SSSR count). The maximum absolute atomic E-state index is 13.0. The molecule has 1 aromatic carbocycles. The number of fused-ring (bicyclic) bond motifs is 1. The third-order valence-electron chi connectivity index (χ3n) is 6.81. The second kappa shape index (κ2) is 8.01. The Hall–Kier alpha value is -2.02. The summed E-state index contributed by atoms with van der Waals surface area (Å²) in [5, 5.41) is 1.06. The van der Waals surface area contributed by atoms with E-state index in [2.05, 4.69) is 9.88 Å². The zero-order valence-corrected chi connectivity index (χ0v) is 16.9. The standard InChI is InChI=1S/C23H29N3O3/c27-22(21-6-5-18-3-1-2-4-20(18)24-21)26-10-8-23(9-11-26)17-19(7-14-29-23)25-12-15-28-16-13-25/h1-6,19H,7-17H2/t19-/m0/s1. The molecule has 3 aliphatic heterocycles. The van der Waals surface area contributed by atoms with Crippen molar-refractivity contribution in [3.8, 4) is 0 Å². The maximum atomic E-state index is 13.0. The third kappa shape index (κ3) is 3.89. The lowest BCUT2D eigenvalue weighted by Gasteiger charge is -2.49. The first-order chi connectivity index (χ1) is 14.2. The van der Waals surface area contributed by atoms with Gasteiger partial charge in [-0.15, -0.1) is 0 Å². The molecule has 1 spiro atoms. The lowest BCUT2D eigenvalue weighted by molar-refractivity contribution is -0.136. The van der Waals surface area contributed by atoms with Crippen molar-refractivity contribution < 1.29 is 14.3 Å². The summed E-state index contributed by atoms with van der Waals surface area (Å²) in [5.41, 5.74) is 1.33. The molecule has 2 aromatic rings. The highest BCUT2D eigenvalue weighted by Gasteiger charge is 2.42. The number of likely N-dealkylation sites (tertiary alicyclic amines) is 1. The molecule has 0 aliphatic carbocycles. The zero-order valence-electron chi connectivity index (χ0n) is 16.9. The molecule has 0 saturated carbocycles. The van der Waals surface area contributed by atoms with Gasteiger partial charge in [-0.25, -0.2) is 4.98 Å². The van der Waals surface area contributed by atoms with Crippen LogP contribution in [0, 0.1) is 0 Å². The van der Waals surface area contributed by atoms with Crippen LogP contribution in [-0.2, 0) is 9.47 Å². The molecule has 0 bridgehead atoms. The maximum Gasteiger partial charge on any atom is 0.272 e. The summed E-state index contributed by atoms with van der Waals surface area (Å²) >= 11 is 0. The number of para-hydroxylation sites is 1. The fourth-order valence-corrected chi connectivity index (χ4v) is 5.07. The number of nitrogens with zero attached hydrogens (tertiary/aromatic N) is 3. The first-order valence-electron chi connectivity index (χ1n) is 10.8. The molecule has 0 unspecified atom stereocenters. The van der Waals surface area contributed by atoms with Crippen molar-refractivity contribution in [3.63, 3.8) is 0 Å². The van der Waals surface area contributed by atoms with E-state index >= 15 is 0 Å².